The van der Waals surface area contributed by atoms with Crippen LogP contribution in [-0.4, -0.2) is 33.1 Å². The fourth-order valence-electron chi connectivity index (χ4n) is 1.40. The number of carboxylic acid groups (broad SMARTS) is 1. The number of hydrogen-bond donors (Lipinski definition) is 2. The molecule has 0 bridgehead atoms. The zero-order chi connectivity index (χ0) is 13.8. The molecule has 0 radical (unpaired) electrons. The molecule has 1 amide bonds. The van der Waals surface area contributed by atoms with E-state index < -0.39 is 11.2 Å². The number of thioether (sulfide) groups is 1. The maximum atomic E-state index is 11.5. The maximum absolute atomic E-state index is 11.5. The number of nitrogens with one attached hydrogen (secondary N) is 1. The third kappa shape index (κ3) is 3.44. The molecule has 1 atom stereocenters. The third-order valence-electron chi connectivity index (χ3n) is 2.31. The molecular weight excluding hydrogens is 270 g/mol. The van der Waals surface area contributed by atoms with Crippen molar-refractivity contribution in [1.29, 1.82) is 0 Å². The van der Waals surface area contributed by atoms with E-state index in [-0.39, 0.29) is 12.3 Å². The van der Waals surface area contributed by atoms with Crippen LogP contribution in [0.5, 0.6) is 0 Å². The normalized spacial score (nSPS) is 21.7. The summed E-state index contributed by atoms with van der Waals surface area (Å²) in [6, 6.07) is 3.48. The van der Waals surface area contributed by atoms with Gasteiger partial charge in [-0.3, -0.25) is 9.59 Å². The van der Waals surface area contributed by atoms with Crippen LogP contribution in [0.3, 0.4) is 0 Å². The second kappa shape index (κ2) is 5.70. The van der Waals surface area contributed by atoms with Crippen LogP contribution in [0, 0.1) is 0 Å². The lowest BCUT2D eigenvalue weighted by Crippen LogP contribution is -2.26. The fraction of sp³-hybridized carbons (Fsp3) is 0.273. The fourth-order valence-corrected chi connectivity index (χ4v) is 2.31. The molecule has 8 heteroatoms. The number of hydrogen-bond acceptors (Lipinski definition) is 6. The molecule has 0 spiro atoms. The molecule has 1 aliphatic rings. The number of carboxylic acids is 1. The zero-order valence-electron chi connectivity index (χ0n) is 9.99. The SMILES string of the molecule is C/C(=N/N=C1/NC(=O)C(CC(=O)O)S1)c1ccco1. The number of nitrogens with zero attached hydrogens (tertiary/aromatic N) is 2. The molecule has 1 saturated heterocycles. The molecule has 1 fully saturated rings. The van der Waals surface area contributed by atoms with Gasteiger partial charge in [-0.25, -0.2) is 0 Å². The van der Waals surface area contributed by atoms with Gasteiger partial charge in [0, 0.05) is 0 Å². The highest BCUT2D eigenvalue weighted by Crippen LogP contribution is 2.22. The molecule has 19 heavy (non-hydrogen) atoms. The van der Waals surface area contributed by atoms with E-state index in [0.717, 1.165) is 11.8 Å². The molecule has 0 aliphatic carbocycles. The number of aliphatic carboxylic acids is 1. The number of furan rings is 1. The Morgan fingerprint density at radius 2 is 2.42 bits per heavy atom. The molecule has 7 nitrogen and oxygen atoms in total. The van der Waals surface area contributed by atoms with Crippen molar-refractivity contribution in [3.8, 4) is 0 Å². The molecule has 1 aromatic rings. The van der Waals surface area contributed by atoms with Crippen molar-refractivity contribution in [3.63, 3.8) is 0 Å². The smallest absolute Gasteiger partial charge is 0.305 e. The largest absolute Gasteiger partial charge is 0.481 e. The molecule has 2 heterocycles. The molecular formula is C11H11N3O4S. The minimum Gasteiger partial charge on any atom is -0.481 e. The molecule has 2 rings (SSSR count). The van der Waals surface area contributed by atoms with Gasteiger partial charge < -0.3 is 14.8 Å². The van der Waals surface area contributed by atoms with E-state index >= 15 is 0 Å². The summed E-state index contributed by atoms with van der Waals surface area (Å²) in [6.45, 7) is 1.72. The highest BCUT2D eigenvalue weighted by molar-refractivity contribution is 8.15. The lowest BCUT2D eigenvalue weighted by atomic mass is 10.3. The summed E-state index contributed by atoms with van der Waals surface area (Å²) in [5.74, 6) is -0.804. The van der Waals surface area contributed by atoms with Crippen molar-refractivity contribution in [2.24, 2.45) is 10.2 Å². The van der Waals surface area contributed by atoms with Crippen LogP contribution in [0.4, 0.5) is 0 Å². The highest BCUT2D eigenvalue weighted by atomic mass is 32.2. The molecule has 100 valence electrons. The average molecular weight is 281 g/mol. The van der Waals surface area contributed by atoms with E-state index in [9.17, 15) is 9.59 Å². The van der Waals surface area contributed by atoms with Gasteiger partial charge in [-0.2, -0.15) is 0 Å². The molecule has 1 aromatic heterocycles. The third-order valence-corrected chi connectivity index (χ3v) is 3.38. The summed E-state index contributed by atoms with van der Waals surface area (Å²) in [4.78, 5) is 22.0. The second-order valence-corrected chi connectivity index (χ2v) is 4.95. The summed E-state index contributed by atoms with van der Waals surface area (Å²) in [5, 5.41) is 18.6. The second-order valence-electron chi connectivity index (χ2n) is 3.76. The van der Waals surface area contributed by atoms with Crippen molar-refractivity contribution in [1.82, 2.24) is 5.32 Å². The Morgan fingerprint density at radius 3 is 3.05 bits per heavy atom. The van der Waals surface area contributed by atoms with Crippen molar-refractivity contribution in [2.45, 2.75) is 18.6 Å². The Morgan fingerprint density at radius 1 is 1.63 bits per heavy atom. The van der Waals surface area contributed by atoms with Crippen LogP contribution in [0.2, 0.25) is 0 Å². The van der Waals surface area contributed by atoms with E-state index in [1.54, 1.807) is 19.1 Å². The van der Waals surface area contributed by atoms with Gasteiger partial charge in [-0.05, 0) is 19.1 Å². The Balaban J connectivity index is 2.04. The van der Waals surface area contributed by atoms with Gasteiger partial charge in [-0.15, -0.1) is 10.2 Å². The first-order valence-corrected chi connectivity index (χ1v) is 6.29. The summed E-state index contributed by atoms with van der Waals surface area (Å²) in [7, 11) is 0. The summed E-state index contributed by atoms with van der Waals surface area (Å²) < 4.78 is 5.13. The number of amides is 1. The van der Waals surface area contributed by atoms with Crippen LogP contribution in [0.1, 0.15) is 19.1 Å². The van der Waals surface area contributed by atoms with Crippen LogP contribution in [0.15, 0.2) is 33.0 Å². The van der Waals surface area contributed by atoms with Crippen molar-refractivity contribution in [2.75, 3.05) is 0 Å². The Kier molecular flexibility index (Phi) is 4.00. The van der Waals surface area contributed by atoms with Gasteiger partial charge in [0.05, 0.1) is 12.7 Å². The van der Waals surface area contributed by atoms with E-state index in [1.807, 2.05) is 0 Å². The maximum Gasteiger partial charge on any atom is 0.305 e. The van der Waals surface area contributed by atoms with Crippen molar-refractivity contribution >= 4 is 34.5 Å². The number of carbonyl (C=O) groups is 2. The van der Waals surface area contributed by atoms with Gasteiger partial charge in [-0.1, -0.05) is 11.8 Å². The van der Waals surface area contributed by atoms with Crippen molar-refractivity contribution < 1.29 is 19.1 Å². The lowest BCUT2D eigenvalue weighted by Gasteiger charge is -1.97. The van der Waals surface area contributed by atoms with Gasteiger partial charge in [0.2, 0.25) is 5.91 Å². The number of rotatable bonds is 4. The monoisotopic (exact) mass is 281 g/mol. The molecule has 1 unspecified atom stereocenters. The van der Waals surface area contributed by atoms with Gasteiger partial charge in [0.25, 0.3) is 0 Å². The van der Waals surface area contributed by atoms with Crippen LogP contribution < -0.4 is 5.32 Å². The lowest BCUT2D eigenvalue weighted by molar-refractivity contribution is -0.138. The van der Waals surface area contributed by atoms with Crippen LogP contribution >= 0.6 is 11.8 Å². The summed E-state index contributed by atoms with van der Waals surface area (Å²) >= 11 is 1.06. The molecule has 0 saturated carbocycles. The van der Waals surface area contributed by atoms with Crippen LogP contribution in [-0.2, 0) is 9.59 Å². The summed E-state index contributed by atoms with van der Waals surface area (Å²) in [6.07, 6.45) is 1.28. The molecule has 0 aromatic carbocycles. The Labute approximate surface area is 112 Å². The minimum atomic E-state index is -1.02. The molecule has 1 aliphatic heterocycles. The average Bonchev–Trinajstić information content (AvgIpc) is 2.96. The summed E-state index contributed by atoms with van der Waals surface area (Å²) in [5.41, 5.74) is 0.564. The topological polar surface area (TPSA) is 104 Å². The van der Waals surface area contributed by atoms with Gasteiger partial charge >= 0.3 is 5.97 Å². The number of carbonyl (C=O) groups excluding carboxylic acids is 1. The van der Waals surface area contributed by atoms with E-state index in [2.05, 4.69) is 15.5 Å². The quantitative estimate of drug-likeness (QED) is 0.634. The zero-order valence-corrected chi connectivity index (χ0v) is 10.8. The Bertz CT molecular complexity index is 550. The standard InChI is InChI=1S/C11H11N3O4S/c1-6(7-3-2-4-18-7)13-14-11-12-10(17)8(19-11)5-9(15)16/h2-4,8H,5H2,1H3,(H,15,16)(H,12,14,17)/b13-6-. The first-order valence-electron chi connectivity index (χ1n) is 5.41. The number of amidine groups is 1. The van der Waals surface area contributed by atoms with Crippen molar-refractivity contribution in [3.05, 3.63) is 24.2 Å². The predicted molar refractivity (Wildman–Crippen MR) is 70.1 cm³/mol. The highest BCUT2D eigenvalue weighted by Gasteiger charge is 2.32. The minimum absolute atomic E-state index is 0.240. The van der Waals surface area contributed by atoms with Gasteiger partial charge in [0.15, 0.2) is 5.17 Å². The molecule has 2 N–H and O–H groups in total. The predicted octanol–water partition coefficient (Wildman–Crippen LogP) is 1.07. The van der Waals surface area contributed by atoms with E-state index in [4.69, 9.17) is 9.52 Å². The first kappa shape index (κ1) is 13.3. The van der Waals surface area contributed by atoms with Gasteiger partial charge in [0.1, 0.15) is 16.7 Å². The van der Waals surface area contributed by atoms with E-state index in [1.165, 1.54) is 6.26 Å². The van der Waals surface area contributed by atoms with Crippen LogP contribution in [0.25, 0.3) is 0 Å². The first-order chi connectivity index (χ1) is 9.06. The Hall–Kier alpha value is -2.09. The van der Waals surface area contributed by atoms with E-state index in [0.29, 0.717) is 16.6 Å².